The van der Waals surface area contributed by atoms with Crippen LogP contribution >= 0.6 is 0 Å². The Morgan fingerprint density at radius 2 is 2.22 bits per heavy atom. The monoisotopic (exact) mass is 252 g/mol. The van der Waals surface area contributed by atoms with Crippen LogP contribution in [0.5, 0.6) is 11.5 Å². The molecule has 6 heteroatoms. The molecule has 2 N–H and O–H groups in total. The van der Waals surface area contributed by atoms with Crippen LogP contribution < -0.4 is 15.2 Å². The van der Waals surface area contributed by atoms with Gasteiger partial charge in [-0.2, -0.15) is 0 Å². The van der Waals surface area contributed by atoms with Crippen LogP contribution in [0.15, 0.2) is 18.2 Å². The third-order valence-electron chi connectivity index (χ3n) is 3.14. The van der Waals surface area contributed by atoms with Crippen LogP contribution in [-0.2, 0) is 0 Å². The van der Waals surface area contributed by atoms with Crippen molar-refractivity contribution in [3.63, 3.8) is 0 Å². The van der Waals surface area contributed by atoms with E-state index in [1.165, 1.54) is 13.2 Å². The standard InChI is InChI=1S/C12H16N2O4/c1-17-8-5-6-12(10(7-8)14(15)16)18-11-4-2-3-9(11)13/h5-7,9,11H,2-4,13H2,1H3. The fourth-order valence-corrected chi connectivity index (χ4v) is 2.13. The van der Waals surface area contributed by atoms with Gasteiger partial charge in [0.15, 0.2) is 5.75 Å². The fourth-order valence-electron chi connectivity index (χ4n) is 2.13. The van der Waals surface area contributed by atoms with Crippen molar-refractivity contribution < 1.29 is 14.4 Å². The van der Waals surface area contributed by atoms with Gasteiger partial charge in [-0.1, -0.05) is 0 Å². The van der Waals surface area contributed by atoms with Crippen molar-refractivity contribution in [2.24, 2.45) is 5.73 Å². The lowest BCUT2D eigenvalue weighted by atomic mass is 10.2. The predicted octanol–water partition coefficient (Wildman–Crippen LogP) is 1.86. The van der Waals surface area contributed by atoms with Gasteiger partial charge in [0.05, 0.1) is 18.1 Å². The highest BCUT2D eigenvalue weighted by Gasteiger charge is 2.28. The van der Waals surface area contributed by atoms with Crippen LogP contribution in [0.3, 0.4) is 0 Å². The summed E-state index contributed by atoms with van der Waals surface area (Å²) in [7, 11) is 1.46. The molecule has 18 heavy (non-hydrogen) atoms. The summed E-state index contributed by atoms with van der Waals surface area (Å²) in [5.41, 5.74) is 5.80. The zero-order chi connectivity index (χ0) is 13.1. The SMILES string of the molecule is COc1ccc(OC2CCCC2N)c([N+](=O)[O-])c1. The Morgan fingerprint density at radius 3 is 2.78 bits per heavy atom. The van der Waals surface area contributed by atoms with Gasteiger partial charge in [0, 0.05) is 6.04 Å². The fraction of sp³-hybridized carbons (Fsp3) is 0.500. The van der Waals surface area contributed by atoms with Gasteiger partial charge >= 0.3 is 5.69 Å². The van der Waals surface area contributed by atoms with Gasteiger partial charge in [-0.05, 0) is 31.4 Å². The van der Waals surface area contributed by atoms with E-state index in [0.29, 0.717) is 5.75 Å². The maximum atomic E-state index is 11.0. The Morgan fingerprint density at radius 1 is 1.44 bits per heavy atom. The minimum atomic E-state index is -0.474. The molecule has 0 spiro atoms. The van der Waals surface area contributed by atoms with Crippen LogP contribution in [0.2, 0.25) is 0 Å². The van der Waals surface area contributed by atoms with E-state index >= 15 is 0 Å². The molecule has 98 valence electrons. The summed E-state index contributed by atoms with van der Waals surface area (Å²) in [5, 5.41) is 11.0. The first-order chi connectivity index (χ1) is 8.61. The number of hydrogen-bond donors (Lipinski definition) is 1. The minimum absolute atomic E-state index is 0.0493. The van der Waals surface area contributed by atoms with Gasteiger partial charge in [0.2, 0.25) is 0 Å². The first kappa shape index (κ1) is 12.6. The summed E-state index contributed by atoms with van der Waals surface area (Å²) in [6.07, 6.45) is 2.59. The van der Waals surface area contributed by atoms with E-state index in [1.807, 2.05) is 0 Å². The second-order valence-electron chi connectivity index (χ2n) is 4.34. The number of nitrogens with two attached hydrogens (primary N) is 1. The lowest BCUT2D eigenvalue weighted by molar-refractivity contribution is -0.386. The maximum absolute atomic E-state index is 11.0. The Bertz CT molecular complexity index is 450. The molecule has 1 aromatic rings. The molecule has 2 unspecified atom stereocenters. The van der Waals surface area contributed by atoms with Crippen LogP contribution in [0.4, 0.5) is 5.69 Å². The molecule has 6 nitrogen and oxygen atoms in total. The Balaban J connectivity index is 2.23. The number of hydrogen-bond acceptors (Lipinski definition) is 5. The molecular weight excluding hydrogens is 236 g/mol. The molecule has 1 aliphatic carbocycles. The number of methoxy groups -OCH3 is 1. The summed E-state index contributed by atoms with van der Waals surface area (Å²) in [6, 6.07) is 4.51. The van der Waals surface area contributed by atoms with Crippen molar-refractivity contribution in [3.05, 3.63) is 28.3 Å². The number of benzene rings is 1. The normalized spacial score (nSPS) is 22.8. The summed E-state index contributed by atoms with van der Waals surface area (Å²) in [5.74, 6) is 0.688. The highest BCUT2D eigenvalue weighted by molar-refractivity contribution is 5.51. The third kappa shape index (κ3) is 2.53. The molecule has 1 fully saturated rings. The molecule has 0 saturated heterocycles. The number of nitro groups is 1. The molecule has 2 atom stereocenters. The van der Waals surface area contributed by atoms with E-state index in [9.17, 15) is 10.1 Å². The third-order valence-corrected chi connectivity index (χ3v) is 3.14. The Labute approximate surface area is 105 Å². The molecule has 0 bridgehead atoms. The lowest BCUT2D eigenvalue weighted by Crippen LogP contribution is -2.33. The molecule has 0 amide bonds. The summed E-state index contributed by atoms with van der Waals surface area (Å²) in [4.78, 5) is 10.5. The average Bonchev–Trinajstić information content (AvgIpc) is 2.75. The van der Waals surface area contributed by atoms with E-state index in [1.54, 1.807) is 12.1 Å². The molecule has 1 saturated carbocycles. The van der Waals surface area contributed by atoms with E-state index in [2.05, 4.69) is 0 Å². The highest BCUT2D eigenvalue weighted by atomic mass is 16.6. The van der Waals surface area contributed by atoms with E-state index in [4.69, 9.17) is 15.2 Å². The molecule has 1 aliphatic rings. The van der Waals surface area contributed by atoms with Crippen molar-refractivity contribution in [1.29, 1.82) is 0 Å². The molecule has 0 radical (unpaired) electrons. The van der Waals surface area contributed by atoms with Crippen molar-refractivity contribution >= 4 is 5.69 Å². The molecule has 0 aliphatic heterocycles. The Kier molecular flexibility index (Phi) is 3.66. The first-order valence-corrected chi connectivity index (χ1v) is 5.86. The van der Waals surface area contributed by atoms with Gasteiger partial charge < -0.3 is 15.2 Å². The van der Waals surface area contributed by atoms with Gasteiger partial charge in [-0.25, -0.2) is 0 Å². The lowest BCUT2D eigenvalue weighted by Gasteiger charge is -2.17. The zero-order valence-electron chi connectivity index (χ0n) is 10.2. The van der Waals surface area contributed by atoms with Gasteiger partial charge in [-0.3, -0.25) is 10.1 Å². The van der Waals surface area contributed by atoms with Crippen molar-refractivity contribution in [3.8, 4) is 11.5 Å². The zero-order valence-corrected chi connectivity index (χ0v) is 10.2. The summed E-state index contributed by atoms with van der Waals surface area (Å²) >= 11 is 0. The van der Waals surface area contributed by atoms with Crippen LogP contribution in [-0.4, -0.2) is 24.2 Å². The Hall–Kier alpha value is -1.82. The van der Waals surface area contributed by atoms with E-state index in [0.717, 1.165) is 19.3 Å². The maximum Gasteiger partial charge on any atom is 0.314 e. The van der Waals surface area contributed by atoms with Gasteiger partial charge in [0.25, 0.3) is 0 Å². The largest absolute Gasteiger partial charge is 0.496 e. The first-order valence-electron chi connectivity index (χ1n) is 5.86. The van der Waals surface area contributed by atoms with Crippen molar-refractivity contribution in [2.45, 2.75) is 31.4 Å². The number of ether oxygens (including phenoxy) is 2. The van der Waals surface area contributed by atoms with Crippen LogP contribution in [0.1, 0.15) is 19.3 Å². The van der Waals surface area contributed by atoms with Crippen LogP contribution in [0.25, 0.3) is 0 Å². The molecule has 2 rings (SSSR count). The summed E-state index contributed by atoms with van der Waals surface area (Å²) in [6.45, 7) is 0. The molecule has 0 heterocycles. The molecular formula is C12H16N2O4. The quantitative estimate of drug-likeness (QED) is 0.652. The van der Waals surface area contributed by atoms with Crippen molar-refractivity contribution in [2.75, 3.05) is 7.11 Å². The number of rotatable bonds is 4. The highest BCUT2D eigenvalue weighted by Crippen LogP contribution is 2.33. The molecule has 1 aromatic carbocycles. The second kappa shape index (κ2) is 5.22. The average molecular weight is 252 g/mol. The van der Waals surface area contributed by atoms with Crippen LogP contribution in [0, 0.1) is 10.1 Å². The summed E-state index contributed by atoms with van der Waals surface area (Å²) < 4.78 is 10.6. The van der Waals surface area contributed by atoms with Gasteiger partial charge in [0.1, 0.15) is 11.9 Å². The number of nitro benzene ring substituents is 1. The van der Waals surface area contributed by atoms with E-state index < -0.39 is 4.92 Å². The van der Waals surface area contributed by atoms with E-state index in [-0.39, 0.29) is 23.6 Å². The smallest absolute Gasteiger partial charge is 0.314 e. The topological polar surface area (TPSA) is 87.6 Å². The van der Waals surface area contributed by atoms with Gasteiger partial charge in [-0.15, -0.1) is 0 Å². The number of nitrogens with zero attached hydrogens (tertiary/aromatic N) is 1. The minimum Gasteiger partial charge on any atom is -0.496 e. The second-order valence-corrected chi connectivity index (χ2v) is 4.34. The molecule has 0 aromatic heterocycles. The predicted molar refractivity (Wildman–Crippen MR) is 65.9 cm³/mol. The van der Waals surface area contributed by atoms with Crippen molar-refractivity contribution in [1.82, 2.24) is 0 Å².